The number of aliphatic hydroxyl groups excluding tert-OH is 2. The summed E-state index contributed by atoms with van der Waals surface area (Å²) in [5.74, 6) is 0.773. The fraction of sp³-hybridized carbons (Fsp3) is 0.368. The van der Waals surface area contributed by atoms with E-state index < -0.39 is 0 Å². The van der Waals surface area contributed by atoms with Crippen LogP contribution in [0.2, 0.25) is 0 Å². The topological polar surface area (TPSA) is 82.7 Å². The summed E-state index contributed by atoms with van der Waals surface area (Å²) in [4.78, 5) is 9.21. The highest BCUT2D eigenvalue weighted by atomic mass is 16.3. The molecule has 25 heavy (non-hydrogen) atoms. The summed E-state index contributed by atoms with van der Waals surface area (Å²) in [5.41, 5.74) is 3.54. The van der Waals surface area contributed by atoms with E-state index in [1.165, 1.54) is 0 Å². The number of aromatic nitrogens is 3. The number of anilines is 1. The molecule has 1 fully saturated rings. The maximum Gasteiger partial charge on any atom is 0.180 e. The van der Waals surface area contributed by atoms with Crippen molar-refractivity contribution in [2.24, 2.45) is 0 Å². The Hall–Kier alpha value is -2.44. The first-order chi connectivity index (χ1) is 12.2. The van der Waals surface area contributed by atoms with E-state index in [1.54, 1.807) is 6.20 Å². The summed E-state index contributed by atoms with van der Waals surface area (Å²) < 4.78 is 1.97. The van der Waals surface area contributed by atoms with Crippen LogP contribution in [0, 0.1) is 0 Å². The Balaban J connectivity index is 1.66. The molecule has 2 heterocycles. The normalized spacial score (nSPS) is 20.7. The fourth-order valence-corrected chi connectivity index (χ4v) is 3.36. The predicted molar refractivity (Wildman–Crippen MR) is 96.2 cm³/mol. The first-order valence-corrected chi connectivity index (χ1v) is 8.71. The Morgan fingerprint density at radius 2 is 1.88 bits per heavy atom. The highest BCUT2D eigenvalue weighted by Crippen LogP contribution is 2.26. The lowest BCUT2D eigenvalue weighted by Crippen LogP contribution is -2.28. The van der Waals surface area contributed by atoms with E-state index in [1.807, 2.05) is 41.1 Å². The van der Waals surface area contributed by atoms with Gasteiger partial charge < -0.3 is 19.9 Å². The molecule has 1 aromatic carbocycles. The molecule has 6 nitrogen and oxygen atoms in total. The minimum atomic E-state index is -0.172. The molecule has 0 atom stereocenters. The molecule has 0 unspecified atom stereocenters. The number of hydrogen-bond donors (Lipinski definition) is 3. The van der Waals surface area contributed by atoms with E-state index in [-0.39, 0.29) is 12.7 Å². The molecule has 0 bridgehead atoms. The van der Waals surface area contributed by atoms with Crippen molar-refractivity contribution in [3.8, 4) is 11.3 Å². The van der Waals surface area contributed by atoms with Crippen LogP contribution in [0.1, 0.15) is 31.2 Å². The van der Waals surface area contributed by atoms with E-state index in [4.69, 9.17) is 4.98 Å². The van der Waals surface area contributed by atoms with E-state index in [0.717, 1.165) is 54.0 Å². The van der Waals surface area contributed by atoms with E-state index >= 15 is 0 Å². The summed E-state index contributed by atoms with van der Waals surface area (Å²) in [6.07, 6.45) is 9.00. The highest BCUT2D eigenvalue weighted by molar-refractivity contribution is 5.69. The van der Waals surface area contributed by atoms with Crippen molar-refractivity contribution in [1.82, 2.24) is 14.4 Å². The number of nitrogens with one attached hydrogen (secondary N) is 1. The van der Waals surface area contributed by atoms with Gasteiger partial charge in [-0.15, -0.1) is 0 Å². The molecule has 1 aliphatic carbocycles. The molecule has 0 aliphatic heterocycles. The van der Waals surface area contributed by atoms with Crippen LogP contribution in [0.5, 0.6) is 0 Å². The second-order valence-corrected chi connectivity index (χ2v) is 6.64. The van der Waals surface area contributed by atoms with Gasteiger partial charge in [-0.05, 0) is 31.2 Å². The standard InChI is InChI=1S/C19H22N4O2/c24-12-13-1-3-14(4-2-13)17-11-23-10-9-20-19(23)18(22-17)21-15-5-7-16(25)8-6-15/h1-4,9-11,15-16,24-25H,5-8,12H2,(H,21,22). The predicted octanol–water partition coefficient (Wildman–Crippen LogP) is 2.60. The summed E-state index contributed by atoms with van der Waals surface area (Å²) in [7, 11) is 0. The van der Waals surface area contributed by atoms with Crippen LogP contribution >= 0.6 is 0 Å². The fourth-order valence-electron chi connectivity index (χ4n) is 3.36. The Bertz CT molecular complexity index is 851. The quantitative estimate of drug-likeness (QED) is 0.681. The number of imidazole rings is 1. The maximum absolute atomic E-state index is 9.69. The molecule has 130 valence electrons. The third-order valence-electron chi connectivity index (χ3n) is 4.84. The summed E-state index contributed by atoms with van der Waals surface area (Å²) in [5, 5.41) is 22.4. The summed E-state index contributed by atoms with van der Waals surface area (Å²) >= 11 is 0. The molecule has 0 spiro atoms. The Labute approximate surface area is 146 Å². The Morgan fingerprint density at radius 1 is 1.12 bits per heavy atom. The van der Waals surface area contributed by atoms with Crippen LogP contribution in [-0.2, 0) is 6.61 Å². The number of fused-ring (bicyclic) bond motifs is 1. The van der Waals surface area contributed by atoms with Gasteiger partial charge in [0.15, 0.2) is 11.5 Å². The average molecular weight is 338 g/mol. The monoisotopic (exact) mass is 338 g/mol. The SMILES string of the molecule is OCc1ccc(-c2cn3ccnc3c(NC3CCC(O)CC3)n2)cc1. The second kappa shape index (κ2) is 6.82. The number of rotatable bonds is 4. The average Bonchev–Trinajstić information content (AvgIpc) is 3.12. The van der Waals surface area contributed by atoms with Crippen LogP contribution in [0.3, 0.4) is 0 Å². The van der Waals surface area contributed by atoms with Crippen molar-refractivity contribution >= 4 is 11.5 Å². The Morgan fingerprint density at radius 3 is 2.60 bits per heavy atom. The van der Waals surface area contributed by atoms with Gasteiger partial charge in [0.1, 0.15) is 0 Å². The molecular formula is C19H22N4O2. The molecule has 3 N–H and O–H groups in total. The first-order valence-electron chi connectivity index (χ1n) is 8.71. The Kier molecular flexibility index (Phi) is 4.38. The van der Waals surface area contributed by atoms with Crippen LogP contribution in [0.25, 0.3) is 16.9 Å². The maximum atomic E-state index is 9.69. The zero-order valence-electron chi connectivity index (χ0n) is 14.0. The van der Waals surface area contributed by atoms with Crippen LogP contribution in [0.15, 0.2) is 42.9 Å². The number of nitrogens with zero attached hydrogens (tertiary/aromatic N) is 3. The van der Waals surface area contributed by atoms with Crippen molar-refractivity contribution < 1.29 is 10.2 Å². The summed E-state index contributed by atoms with van der Waals surface area (Å²) in [6, 6.07) is 8.06. The van der Waals surface area contributed by atoms with Crippen molar-refractivity contribution in [3.63, 3.8) is 0 Å². The minimum absolute atomic E-state index is 0.0363. The molecule has 0 radical (unpaired) electrons. The molecule has 1 saturated carbocycles. The van der Waals surface area contributed by atoms with Crippen molar-refractivity contribution in [2.75, 3.05) is 5.32 Å². The second-order valence-electron chi connectivity index (χ2n) is 6.64. The van der Waals surface area contributed by atoms with Crippen molar-refractivity contribution in [2.45, 2.75) is 44.4 Å². The molecule has 4 rings (SSSR count). The third-order valence-corrected chi connectivity index (χ3v) is 4.84. The van der Waals surface area contributed by atoms with Gasteiger partial charge in [-0.1, -0.05) is 24.3 Å². The van der Waals surface area contributed by atoms with Crippen LogP contribution in [-0.4, -0.2) is 36.7 Å². The van der Waals surface area contributed by atoms with Crippen LogP contribution < -0.4 is 5.32 Å². The van der Waals surface area contributed by atoms with E-state index in [2.05, 4.69) is 10.3 Å². The lowest BCUT2D eigenvalue weighted by Gasteiger charge is -2.26. The van der Waals surface area contributed by atoms with Gasteiger partial charge in [0.25, 0.3) is 0 Å². The zero-order valence-corrected chi connectivity index (χ0v) is 14.0. The minimum Gasteiger partial charge on any atom is -0.393 e. The van der Waals surface area contributed by atoms with Gasteiger partial charge in [0.05, 0.1) is 18.4 Å². The molecule has 0 saturated heterocycles. The highest BCUT2D eigenvalue weighted by Gasteiger charge is 2.21. The van der Waals surface area contributed by atoms with E-state index in [9.17, 15) is 10.2 Å². The first kappa shape index (κ1) is 16.1. The van der Waals surface area contributed by atoms with Gasteiger partial charge in [0.2, 0.25) is 0 Å². The van der Waals surface area contributed by atoms with Gasteiger partial charge in [0, 0.05) is 30.2 Å². The van der Waals surface area contributed by atoms with Gasteiger partial charge in [-0.25, -0.2) is 9.97 Å². The molecule has 3 aromatic rings. The van der Waals surface area contributed by atoms with Gasteiger partial charge in [-0.3, -0.25) is 0 Å². The number of hydrogen-bond acceptors (Lipinski definition) is 5. The lowest BCUT2D eigenvalue weighted by molar-refractivity contribution is 0.126. The largest absolute Gasteiger partial charge is 0.393 e. The van der Waals surface area contributed by atoms with Crippen molar-refractivity contribution in [3.05, 3.63) is 48.4 Å². The number of benzene rings is 1. The number of aliphatic hydroxyl groups is 2. The summed E-state index contributed by atoms with van der Waals surface area (Å²) in [6.45, 7) is 0.0363. The van der Waals surface area contributed by atoms with Gasteiger partial charge >= 0.3 is 0 Å². The van der Waals surface area contributed by atoms with Crippen LogP contribution in [0.4, 0.5) is 5.82 Å². The van der Waals surface area contributed by atoms with Crippen molar-refractivity contribution in [1.29, 1.82) is 0 Å². The molecule has 6 heteroatoms. The third kappa shape index (κ3) is 3.36. The lowest BCUT2D eigenvalue weighted by atomic mass is 9.93. The van der Waals surface area contributed by atoms with E-state index in [0.29, 0.717) is 6.04 Å². The molecule has 2 aromatic heterocycles. The van der Waals surface area contributed by atoms with Gasteiger partial charge in [-0.2, -0.15) is 0 Å². The smallest absolute Gasteiger partial charge is 0.180 e. The molecule has 0 amide bonds. The molecule has 1 aliphatic rings. The zero-order chi connectivity index (χ0) is 17.2. The molecular weight excluding hydrogens is 316 g/mol.